The second-order valence-electron chi connectivity index (χ2n) is 3.74. The molecule has 0 N–H and O–H groups in total. The van der Waals surface area contributed by atoms with E-state index in [0.29, 0.717) is 13.0 Å². The fourth-order valence-electron chi connectivity index (χ4n) is 1.74. The van der Waals surface area contributed by atoms with Gasteiger partial charge in [0.25, 0.3) is 0 Å². The molecule has 0 unspecified atom stereocenters. The zero-order valence-corrected chi connectivity index (χ0v) is 11.2. The Morgan fingerprint density at radius 2 is 2.33 bits per heavy atom. The smallest absolute Gasteiger partial charge is 0.307 e. The summed E-state index contributed by atoms with van der Waals surface area (Å²) in [5.74, 6) is 0.686. The van der Waals surface area contributed by atoms with Crippen LogP contribution in [-0.2, 0) is 9.53 Å². The van der Waals surface area contributed by atoms with Gasteiger partial charge in [-0.15, -0.1) is 11.3 Å². The molecule has 0 bridgehead atoms. The Morgan fingerprint density at radius 3 is 3.06 bits per heavy atom. The van der Waals surface area contributed by atoms with E-state index >= 15 is 0 Å². The molecule has 18 heavy (non-hydrogen) atoms. The molecule has 6 heteroatoms. The highest BCUT2D eigenvalue weighted by atomic mass is 32.1. The van der Waals surface area contributed by atoms with Crippen LogP contribution >= 0.6 is 11.3 Å². The first-order valence-electron chi connectivity index (χ1n) is 5.76. The van der Waals surface area contributed by atoms with Crippen LogP contribution in [0.3, 0.4) is 0 Å². The number of aromatic nitrogens is 2. The first-order valence-corrected chi connectivity index (χ1v) is 6.64. The fraction of sp³-hybridized carbons (Fsp3) is 0.417. The lowest BCUT2D eigenvalue weighted by molar-refractivity contribution is -0.140. The highest BCUT2D eigenvalue weighted by Crippen LogP contribution is 2.27. The largest absolute Gasteiger partial charge is 0.469 e. The number of thiophene rings is 1. The average Bonchev–Trinajstić information content (AvgIpc) is 2.88. The Kier molecular flexibility index (Phi) is 4.09. The SMILES string of the molecule is CCN(CCC(=O)OC)c1ncnc2ccsc12. The van der Waals surface area contributed by atoms with Crippen LogP contribution in [0.1, 0.15) is 13.3 Å². The van der Waals surface area contributed by atoms with Crippen molar-refractivity contribution in [3.05, 3.63) is 17.8 Å². The summed E-state index contributed by atoms with van der Waals surface area (Å²) >= 11 is 1.61. The number of hydrogen-bond donors (Lipinski definition) is 0. The molecular weight excluding hydrogens is 250 g/mol. The summed E-state index contributed by atoms with van der Waals surface area (Å²) in [4.78, 5) is 21.8. The minimum Gasteiger partial charge on any atom is -0.469 e. The highest BCUT2D eigenvalue weighted by Gasteiger charge is 2.13. The van der Waals surface area contributed by atoms with Crippen LogP contribution < -0.4 is 4.90 Å². The lowest BCUT2D eigenvalue weighted by Crippen LogP contribution is -2.27. The van der Waals surface area contributed by atoms with Gasteiger partial charge in [-0.05, 0) is 18.4 Å². The van der Waals surface area contributed by atoms with Crippen molar-refractivity contribution < 1.29 is 9.53 Å². The number of fused-ring (bicyclic) bond motifs is 1. The molecule has 2 heterocycles. The molecule has 0 saturated heterocycles. The van der Waals surface area contributed by atoms with E-state index in [-0.39, 0.29) is 5.97 Å². The third-order valence-corrected chi connectivity index (χ3v) is 3.62. The Bertz CT molecular complexity index is 541. The van der Waals surface area contributed by atoms with Crippen LogP contribution in [0.15, 0.2) is 17.8 Å². The number of methoxy groups -OCH3 is 1. The molecule has 0 atom stereocenters. The maximum absolute atomic E-state index is 11.2. The van der Waals surface area contributed by atoms with E-state index in [0.717, 1.165) is 22.6 Å². The zero-order valence-electron chi connectivity index (χ0n) is 10.4. The predicted molar refractivity (Wildman–Crippen MR) is 71.9 cm³/mol. The molecule has 0 aromatic carbocycles. The van der Waals surface area contributed by atoms with Gasteiger partial charge in [-0.1, -0.05) is 0 Å². The Balaban J connectivity index is 2.21. The number of carbonyl (C=O) groups is 1. The van der Waals surface area contributed by atoms with Crippen molar-refractivity contribution in [2.45, 2.75) is 13.3 Å². The van der Waals surface area contributed by atoms with Gasteiger partial charge in [0, 0.05) is 13.1 Å². The number of nitrogens with zero attached hydrogens (tertiary/aromatic N) is 3. The van der Waals surface area contributed by atoms with Crippen molar-refractivity contribution in [1.82, 2.24) is 9.97 Å². The fourth-order valence-corrected chi connectivity index (χ4v) is 2.60. The molecule has 0 amide bonds. The Hall–Kier alpha value is -1.69. The molecule has 2 rings (SSSR count). The van der Waals surface area contributed by atoms with E-state index in [1.807, 2.05) is 18.4 Å². The molecule has 96 valence electrons. The molecule has 0 aliphatic rings. The zero-order chi connectivity index (χ0) is 13.0. The normalized spacial score (nSPS) is 10.6. The van der Waals surface area contributed by atoms with Gasteiger partial charge in [0.15, 0.2) is 0 Å². The van der Waals surface area contributed by atoms with Gasteiger partial charge in [-0.25, -0.2) is 9.97 Å². The molecule has 0 aliphatic carbocycles. The van der Waals surface area contributed by atoms with Gasteiger partial charge in [0.1, 0.15) is 12.1 Å². The topological polar surface area (TPSA) is 55.3 Å². The summed E-state index contributed by atoms with van der Waals surface area (Å²) in [6.07, 6.45) is 1.92. The van der Waals surface area contributed by atoms with Gasteiger partial charge in [-0.2, -0.15) is 0 Å². The number of ether oxygens (including phenoxy) is 1. The lowest BCUT2D eigenvalue weighted by Gasteiger charge is -2.21. The van der Waals surface area contributed by atoms with Crippen molar-refractivity contribution >= 4 is 33.3 Å². The van der Waals surface area contributed by atoms with Crippen molar-refractivity contribution in [2.75, 3.05) is 25.1 Å². The molecule has 2 aromatic rings. The van der Waals surface area contributed by atoms with E-state index in [4.69, 9.17) is 0 Å². The monoisotopic (exact) mass is 265 g/mol. The highest BCUT2D eigenvalue weighted by molar-refractivity contribution is 7.17. The molecule has 0 saturated carbocycles. The number of hydrogen-bond acceptors (Lipinski definition) is 6. The minimum atomic E-state index is -0.204. The molecular formula is C12H15N3O2S. The van der Waals surface area contributed by atoms with Crippen LogP contribution in [0.4, 0.5) is 5.82 Å². The number of anilines is 1. The van der Waals surface area contributed by atoms with Gasteiger partial charge >= 0.3 is 5.97 Å². The second kappa shape index (κ2) is 5.77. The van der Waals surface area contributed by atoms with Gasteiger partial charge < -0.3 is 9.64 Å². The van der Waals surface area contributed by atoms with E-state index in [1.54, 1.807) is 17.7 Å². The van der Waals surface area contributed by atoms with Gasteiger partial charge in [0.2, 0.25) is 0 Å². The van der Waals surface area contributed by atoms with Crippen LogP contribution in [-0.4, -0.2) is 36.1 Å². The Labute approximate surface area is 109 Å². The van der Waals surface area contributed by atoms with Crippen LogP contribution in [0.25, 0.3) is 10.2 Å². The van der Waals surface area contributed by atoms with Crippen molar-refractivity contribution in [3.63, 3.8) is 0 Å². The third kappa shape index (κ3) is 2.59. The number of esters is 1. The first-order chi connectivity index (χ1) is 8.76. The Morgan fingerprint density at radius 1 is 1.50 bits per heavy atom. The molecule has 0 aliphatic heterocycles. The van der Waals surface area contributed by atoms with Crippen LogP contribution in [0, 0.1) is 0 Å². The lowest BCUT2D eigenvalue weighted by atomic mass is 10.3. The van der Waals surface area contributed by atoms with Crippen LogP contribution in [0.5, 0.6) is 0 Å². The summed E-state index contributed by atoms with van der Waals surface area (Å²) in [5, 5.41) is 2.00. The predicted octanol–water partition coefficient (Wildman–Crippen LogP) is 2.08. The van der Waals surface area contributed by atoms with E-state index in [9.17, 15) is 4.79 Å². The van der Waals surface area contributed by atoms with Crippen LogP contribution in [0.2, 0.25) is 0 Å². The first kappa shape index (κ1) is 12.8. The molecule has 0 spiro atoms. The maximum atomic E-state index is 11.2. The number of rotatable bonds is 5. The second-order valence-corrected chi connectivity index (χ2v) is 4.65. The van der Waals surface area contributed by atoms with Crippen molar-refractivity contribution in [1.29, 1.82) is 0 Å². The molecule has 0 radical (unpaired) electrons. The molecule has 0 fully saturated rings. The third-order valence-electron chi connectivity index (χ3n) is 2.72. The summed E-state index contributed by atoms with van der Waals surface area (Å²) in [7, 11) is 1.40. The molecule has 2 aromatic heterocycles. The van der Waals surface area contributed by atoms with Crippen molar-refractivity contribution in [2.24, 2.45) is 0 Å². The average molecular weight is 265 g/mol. The minimum absolute atomic E-state index is 0.204. The quantitative estimate of drug-likeness (QED) is 0.775. The summed E-state index contributed by atoms with van der Waals surface area (Å²) < 4.78 is 5.72. The van der Waals surface area contributed by atoms with E-state index in [1.165, 1.54) is 7.11 Å². The van der Waals surface area contributed by atoms with E-state index < -0.39 is 0 Å². The van der Waals surface area contributed by atoms with Gasteiger partial charge in [0.05, 0.1) is 23.7 Å². The summed E-state index contributed by atoms with van der Waals surface area (Å²) in [6, 6.07) is 1.97. The standard InChI is InChI=1S/C12H15N3O2S/c1-3-15(6-4-10(16)17-2)12-11-9(5-7-18-11)13-8-14-12/h5,7-8H,3-4,6H2,1-2H3. The summed E-state index contributed by atoms with van der Waals surface area (Å²) in [6.45, 7) is 3.44. The maximum Gasteiger partial charge on any atom is 0.307 e. The van der Waals surface area contributed by atoms with Gasteiger partial charge in [-0.3, -0.25) is 4.79 Å². The van der Waals surface area contributed by atoms with Crippen molar-refractivity contribution in [3.8, 4) is 0 Å². The molecule has 5 nitrogen and oxygen atoms in total. The summed E-state index contributed by atoms with van der Waals surface area (Å²) in [5.41, 5.74) is 0.946. The number of carbonyl (C=O) groups excluding carboxylic acids is 1. The van der Waals surface area contributed by atoms with E-state index in [2.05, 4.69) is 19.6 Å².